The Morgan fingerprint density at radius 1 is 1.03 bits per heavy atom. The van der Waals surface area contributed by atoms with Crippen LogP contribution in [0.25, 0.3) is 0 Å². The molecule has 4 atom stereocenters. The van der Waals surface area contributed by atoms with Gasteiger partial charge in [0.05, 0.1) is 12.4 Å². The van der Waals surface area contributed by atoms with Gasteiger partial charge >= 0.3 is 5.97 Å². The van der Waals surface area contributed by atoms with Crippen LogP contribution in [0.15, 0.2) is 12.5 Å². The summed E-state index contributed by atoms with van der Waals surface area (Å²) < 4.78 is 0. The van der Waals surface area contributed by atoms with Gasteiger partial charge in [0.25, 0.3) is 0 Å². The third kappa shape index (κ3) is 8.30. The molecular formula is C18H30N6O5. The normalized spacial score (nSPS) is 15.1. The maximum absolute atomic E-state index is 12.6. The fourth-order valence-electron chi connectivity index (χ4n) is 2.50. The van der Waals surface area contributed by atoms with Crippen LogP contribution in [0.2, 0.25) is 0 Å². The quantitative estimate of drug-likeness (QED) is 0.268. The molecular weight excluding hydrogens is 380 g/mol. The van der Waals surface area contributed by atoms with Crippen LogP contribution in [-0.2, 0) is 25.6 Å². The molecule has 0 radical (unpaired) electrons. The average molecular weight is 410 g/mol. The second-order valence-electron chi connectivity index (χ2n) is 7.39. The number of hydrogen-bond donors (Lipinski definition) is 6. The number of H-pyrrole nitrogens is 1. The zero-order valence-electron chi connectivity index (χ0n) is 17.1. The maximum atomic E-state index is 12.6. The molecule has 1 heterocycles. The predicted octanol–water partition coefficient (Wildman–Crippen LogP) is -1.10. The molecule has 0 saturated heterocycles. The standard InChI is InChI=1S/C18H30N6O5/c1-9(2)5-13(23-15(25)10(3)19)17(27)22-11(4)16(26)24-14(18(28)29)6-12-7-20-8-21-12/h7-11,13-14H,5-6,19H2,1-4H3,(H,20,21)(H,22,27)(H,23,25)(H,24,26)(H,28,29). The molecule has 3 amide bonds. The number of nitrogens with zero attached hydrogens (tertiary/aromatic N) is 1. The molecule has 1 aromatic rings. The van der Waals surface area contributed by atoms with E-state index in [1.54, 1.807) is 0 Å². The van der Waals surface area contributed by atoms with Gasteiger partial charge in [-0.2, -0.15) is 0 Å². The summed E-state index contributed by atoms with van der Waals surface area (Å²) in [5, 5.41) is 16.8. The van der Waals surface area contributed by atoms with Crippen LogP contribution in [0.4, 0.5) is 0 Å². The van der Waals surface area contributed by atoms with Gasteiger partial charge in [-0.15, -0.1) is 0 Å². The molecule has 0 aromatic carbocycles. The molecule has 0 aliphatic carbocycles. The van der Waals surface area contributed by atoms with Crippen LogP contribution in [0.3, 0.4) is 0 Å². The summed E-state index contributed by atoms with van der Waals surface area (Å²) in [5.41, 5.74) is 6.08. The van der Waals surface area contributed by atoms with Crippen LogP contribution >= 0.6 is 0 Å². The minimum atomic E-state index is -1.21. The van der Waals surface area contributed by atoms with E-state index in [4.69, 9.17) is 5.73 Å². The van der Waals surface area contributed by atoms with E-state index in [0.29, 0.717) is 12.1 Å². The highest BCUT2D eigenvalue weighted by atomic mass is 16.4. The lowest BCUT2D eigenvalue weighted by molar-refractivity contribution is -0.142. The van der Waals surface area contributed by atoms with Gasteiger partial charge in [-0.1, -0.05) is 13.8 Å². The minimum Gasteiger partial charge on any atom is -0.480 e. The average Bonchev–Trinajstić information content (AvgIpc) is 3.12. The molecule has 162 valence electrons. The molecule has 11 heteroatoms. The molecule has 0 spiro atoms. The molecule has 29 heavy (non-hydrogen) atoms. The maximum Gasteiger partial charge on any atom is 0.326 e. The van der Waals surface area contributed by atoms with Crippen molar-refractivity contribution in [2.75, 3.05) is 0 Å². The number of rotatable bonds is 11. The smallest absolute Gasteiger partial charge is 0.326 e. The molecule has 1 rings (SSSR count). The van der Waals surface area contributed by atoms with Gasteiger partial charge in [0, 0.05) is 18.3 Å². The van der Waals surface area contributed by atoms with Gasteiger partial charge in [-0.05, 0) is 26.2 Å². The SMILES string of the molecule is CC(C)CC(NC(=O)C(C)N)C(=O)NC(C)C(=O)NC(Cc1cnc[nH]1)C(=O)O. The highest BCUT2D eigenvalue weighted by Crippen LogP contribution is 2.06. The van der Waals surface area contributed by atoms with E-state index in [-0.39, 0.29) is 12.3 Å². The van der Waals surface area contributed by atoms with Crippen molar-refractivity contribution in [1.29, 1.82) is 0 Å². The number of aliphatic carboxylic acids is 1. The molecule has 0 aliphatic rings. The van der Waals surface area contributed by atoms with E-state index < -0.39 is 47.9 Å². The van der Waals surface area contributed by atoms with Crippen LogP contribution in [-0.4, -0.2) is 62.9 Å². The molecule has 0 bridgehead atoms. The number of carboxylic acids is 1. The number of imidazole rings is 1. The van der Waals surface area contributed by atoms with E-state index >= 15 is 0 Å². The van der Waals surface area contributed by atoms with Crippen molar-refractivity contribution in [1.82, 2.24) is 25.9 Å². The van der Waals surface area contributed by atoms with Crippen molar-refractivity contribution < 1.29 is 24.3 Å². The molecule has 7 N–H and O–H groups in total. The van der Waals surface area contributed by atoms with Gasteiger partial charge in [-0.3, -0.25) is 14.4 Å². The second-order valence-corrected chi connectivity index (χ2v) is 7.39. The Balaban J connectivity index is 2.72. The first kappa shape index (κ1) is 24.1. The summed E-state index contributed by atoms with van der Waals surface area (Å²) >= 11 is 0. The van der Waals surface area contributed by atoms with Crippen molar-refractivity contribution in [2.45, 2.75) is 64.7 Å². The Kier molecular flexibility index (Phi) is 9.26. The Labute approximate surface area is 169 Å². The fraction of sp³-hybridized carbons (Fsp3) is 0.611. The summed E-state index contributed by atoms with van der Waals surface area (Å²) in [6, 6.07) is -3.83. The van der Waals surface area contributed by atoms with E-state index in [1.807, 2.05) is 13.8 Å². The van der Waals surface area contributed by atoms with Crippen LogP contribution in [0.1, 0.15) is 39.8 Å². The third-order valence-electron chi connectivity index (χ3n) is 4.10. The predicted molar refractivity (Wildman–Crippen MR) is 104 cm³/mol. The van der Waals surface area contributed by atoms with Crippen molar-refractivity contribution in [3.05, 3.63) is 18.2 Å². The number of nitrogens with two attached hydrogens (primary N) is 1. The molecule has 11 nitrogen and oxygen atoms in total. The van der Waals surface area contributed by atoms with Gasteiger partial charge < -0.3 is 31.8 Å². The van der Waals surface area contributed by atoms with Crippen molar-refractivity contribution in [3.63, 3.8) is 0 Å². The van der Waals surface area contributed by atoms with E-state index in [2.05, 4.69) is 25.9 Å². The second kappa shape index (κ2) is 11.1. The van der Waals surface area contributed by atoms with Crippen molar-refractivity contribution in [3.8, 4) is 0 Å². The van der Waals surface area contributed by atoms with Gasteiger partial charge in [-0.25, -0.2) is 9.78 Å². The lowest BCUT2D eigenvalue weighted by atomic mass is 10.0. The van der Waals surface area contributed by atoms with Crippen molar-refractivity contribution >= 4 is 23.7 Å². The lowest BCUT2D eigenvalue weighted by Crippen LogP contribution is -2.56. The topological polar surface area (TPSA) is 179 Å². The number of carbonyl (C=O) groups is 4. The Morgan fingerprint density at radius 2 is 1.66 bits per heavy atom. The molecule has 0 aliphatic heterocycles. The first-order valence-electron chi connectivity index (χ1n) is 9.38. The van der Waals surface area contributed by atoms with Crippen LogP contribution < -0.4 is 21.7 Å². The molecule has 4 unspecified atom stereocenters. The first-order chi connectivity index (χ1) is 13.5. The Bertz CT molecular complexity index is 704. The summed E-state index contributed by atoms with van der Waals surface area (Å²) in [5.74, 6) is -2.79. The van der Waals surface area contributed by atoms with Crippen molar-refractivity contribution in [2.24, 2.45) is 11.7 Å². The number of hydrogen-bond acceptors (Lipinski definition) is 6. The summed E-state index contributed by atoms with van der Waals surface area (Å²) in [6.45, 7) is 6.71. The summed E-state index contributed by atoms with van der Waals surface area (Å²) in [6.07, 6.45) is 3.24. The first-order valence-corrected chi connectivity index (χ1v) is 9.38. The minimum absolute atomic E-state index is 0.0160. The molecule has 1 aromatic heterocycles. The summed E-state index contributed by atoms with van der Waals surface area (Å²) in [4.78, 5) is 54.8. The highest BCUT2D eigenvalue weighted by molar-refractivity contribution is 5.93. The highest BCUT2D eigenvalue weighted by Gasteiger charge is 2.28. The molecule has 0 fully saturated rings. The van der Waals surface area contributed by atoms with Crippen LogP contribution in [0, 0.1) is 5.92 Å². The largest absolute Gasteiger partial charge is 0.480 e. The third-order valence-corrected chi connectivity index (χ3v) is 4.10. The Morgan fingerprint density at radius 3 is 2.14 bits per heavy atom. The van der Waals surface area contributed by atoms with E-state index in [1.165, 1.54) is 26.4 Å². The number of carbonyl (C=O) groups excluding carboxylic acids is 3. The number of amides is 3. The fourth-order valence-corrected chi connectivity index (χ4v) is 2.50. The number of carboxylic acid groups (broad SMARTS) is 1. The van der Waals surface area contributed by atoms with E-state index in [0.717, 1.165) is 0 Å². The monoisotopic (exact) mass is 410 g/mol. The Hall–Kier alpha value is -2.95. The van der Waals surface area contributed by atoms with Gasteiger partial charge in [0.15, 0.2) is 0 Å². The lowest BCUT2D eigenvalue weighted by Gasteiger charge is -2.24. The van der Waals surface area contributed by atoms with Gasteiger partial charge in [0.2, 0.25) is 17.7 Å². The van der Waals surface area contributed by atoms with Gasteiger partial charge in [0.1, 0.15) is 18.1 Å². The van der Waals surface area contributed by atoms with Crippen LogP contribution in [0.5, 0.6) is 0 Å². The summed E-state index contributed by atoms with van der Waals surface area (Å²) in [7, 11) is 0. The zero-order chi connectivity index (χ0) is 22.1. The number of aromatic amines is 1. The molecule has 0 saturated carbocycles. The number of nitrogens with one attached hydrogen (secondary N) is 4. The zero-order valence-corrected chi connectivity index (χ0v) is 17.1. The van der Waals surface area contributed by atoms with E-state index in [9.17, 15) is 24.3 Å². The number of aromatic nitrogens is 2.